The van der Waals surface area contributed by atoms with Crippen LogP contribution in [0.5, 0.6) is 0 Å². The Morgan fingerprint density at radius 1 is 1.20 bits per heavy atom. The number of allylic oxidation sites excluding steroid dienone is 2. The van der Waals surface area contributed by atoms with Crippen LogP contribution in [0.15, 0.2) is 12.2 Å². The van der Waals surface area contributed by atoms with Crippen molar-refractivity contribution in [2.45, 2.75) is 52.1 Å². The second-order valence-corrected chi connectivity index (χ2v) is 6.09. The topological polar surface area (TPSA) is 127 Å². The van der Waals surface area contributed by atoms with Gasteiger partial charge in [0.2, 0.25) is 5.91 Å². The van der Waals surface area contributed by atoms with Crippen LogP contribution in [0.1, 0.15) is 40.0 Å². The molecule has 8 nitrogen and oxygen atoms in total. The third-order valence-corrected chi connectivity index (χ3v) is 4.62. The average Bonchev–Trinajstić information content (AvgIpc) is 2.56. The van der Waals surface area contributed by atoms with Crippen molar-refractivity contribution >= 4 is 17.8 Å². The Kier molecular flexibility index (Phi) is 10.7. The lowest BCUT2D eigenvalue weighted by Gasteiger charge is -2.46. The molecule has 3 atom stereocenters. The number of unbranched alkanes of at least 4 members (excludes halogenated alkanes) is 1. The van der Waals surface area contributed by atoms with E-state index in [1.165, 1.54) is 13.8 Å². The molecule has 0 aliphatic rings. The molecule has 0 saturated heterocycles. The number of hydrogen-bond donors (Lipinski definition) is 3. The summed E-state index contributed by atoms with van der Waals surface area (Å²) < 4.78 is -0.396. The number of quaternary nitrogens is 1. The number of carboxylic acid groups (broad SMARTS) is 2. The molecule has 1 amide bonds. The molecular formula is C17H30N2O6. The van der Waals surface area contributed by atoms with Crippen LogP contribution < -0.4 is 10.4 Å². The molecule has 0 spiro atoms. The lowest BCUT2D eigenvalue weighted by Crippen LogP contribution is -2.69. The van der Waals surface area contributed by atoms with Gasteiger partial charge >= 0.3 is 5.97 Å². The summed E-state index contributed by atoms with van der Waals surface area (Å²) in [5.41, 5.74) is 0. The SMILES string of the molecule is C/C=C/CCCC(=O)NCC[N+](CCO)(C(C)C(=O)[O-])C(C)C(=O)O. The van der Waals surface area contributed by atoms with Gasteiger partial charge in [0.15, 0.2) is 6.04 Å². The minimum Gasteiger partial charge on any atom is -0.544 e. The highest BCUT2D eigenvalue weighted by atomic mass is 16.4. The number of rotatable bonds is 13. The van der Waals surface area contributed by atoms with Gasteiger partial charge in [-0.15, -0.1) is 0 Å². The molecule has 0 aromatic rings. The maximum Gasteiger partial charge on any atom is 0.362 e. The van der Waals surface area contributed by atoms with Crippen LogP contribution in [0.3, 0.4) is 0 Å². The molecule has 8 heteroatoms. The van der Waals surface area contributed by atoms with E-state index in [0.29, 0.717) is 12.8 Å². The summed E-state index contributed by atoms with van der Waals surface area (Å²) in [4.78, 5) is 34.6. The Bertz CT molecular complexity index is 458. The highest BCUT2D eigenvalue weighted by Crippen LogP contribution is 2.19. The molecule has 0 aliphatic heterocycles. The molecule has 0 bridgehead atoms. The first kappa shape index (κ1) is 23.1. The predicted octanol–water partition coefficient (Wildman–Crippen LogP) is -0.730. The summed E-state index contributed by atoms with van der Waals surface area (Å²) >= 11 is 0. The number of carbonyl (C=O) groups excluding carboxylic acids is 2. The molecule has 0 radical (unpaired) electrons. The highest BCUT2D eigenvalue weighted by molar-refractivity contribution is 5.76. The van der Waals surface area contributed by atoms with E-state index in [9.17, 15) is 29.7 Å². The van der Waals surface area contributed by atoms with E-state index in [-0.39, 0.29) is 32.1 Å². The summed E-state index contributed by atoms with van der Waals surface area (Å²) in [6.45, 7) is 4.44. The van der Waals surface area contributed by atoms with Gasteiger partial charge < -0.3 is 29.9 Å². The molecule has 0 aromatic heterocycles. The van der Waals surface area contributed by atoms with E-state index in [2.05, 4.69) is 5.32 Å². The van der Waals surface area contributed by atoms with Crippen molar-refractivity contribution in [2.75, 3.05) is 26.2 Å². The summed E-state index contributed by atoms with van der Waals surface area (Å²) in [5.74, 6) is -2.73. The number of carboxylic acids is 2. The van der Waals surface area contributed by atoms with Crippen LogP contribution in [-0.2, 0) is 14.4 Å². The van der Waals surface area contributed by atoms with Gasteiger partial charge in [-0.25, -0.2) is 4.79 Å². The zero-order chi connectivity index (χ0) is 19.5. The first-order valence-corrected chi connectivity index (χ1v) is 8.51. The quantitative estimate of drug-likeness (QED) is 0.226. The molecule has 0 fully saturated rings. The van der Waals surface area contributed by atoms with Gasteiger partial charge in [-0.1, -0.05) is 12.2 Å². The van der Waals surface area contributed by atoms with Crippen molar-refractivity contribution in [3.8, 4) is 0 Å². The van der Waals surface area contributed by atoms with E-state index in [1.54, 1.807) is 0 Å². The average molecular weight is 358 g/mol. The molecular weight excluding hydrogens is 328 g/mol. The minimum absolute atomic E-state index is 0.0558. The third-order valence-electron chi connectivity index (χ3n) is 4.62. The van der Waals surface area contributed by atoms with Crippen LogP contribution in [0, 0.1) is 0 Å². The fourth-order valence-electron chi connectivity index (χ4n) is 2.88. The fourth-order valence-corrected chi connectivity index (χ4v) is 2.88. The van der Waals surface area contributed by atoms with E-state index in [4.69, 9.17) is 0 Å². The first-order valence-electron chi connectivity index (χ1n) is 8.51. The largest absolute Gasteiger partial charge is 0.544 e. The van der Waals surface area contributed by atoms with Gasteiger partial charge in [0.25, 0.3) is 0 Å². The normalized spacial score (nSPS) is 16.2. The van der Waals surface area contributed by atoms with Crippen LogP contribution >= 0.6 is 0 Å². The number of carbonyl (C=O) groups is 3. The number of aliphatic carboxylic acids is 2. The smallest absolute Gasteiger partial charge is 0.362 e. The summed E-state index contributed by atoms with van der Waals surface area (Å²) in [5, 5.41) is 32.7. The maximum atomic E-state index is 11.8. The van der Waals surface area contributed by atoms with Gasteiger partial charge in [0, 0.05) is 6.42 Å². The van der Waals surface area contributed by atoms with Crippen LogP contribution in [0.25, 0.3) is 0 Å². The monoisotopic (exact) mass is 358 g/mol. The molecule has 3 unspecified atom stereocenters. The number of hydrogen-bond acceptors (Lipinski definition) is 5. The van der Waals surface area contributed by atoms with E-state index in [0.717, 1.165) is 6.42 Å². The molecule has 0 rings (SSSR count). The lowest BCUT2D eigenvalue weighted by atomic mass is 10.1. The molecule has 0 saturated carbocycles. The summed E-state index contributed by atoms with van der Waals surface area (Å²) in [6, 6.07) is -2.20. The van der Waals surface area contributed by atoms with Crippen molar-refractivity contribution in [3.05, 3.63) is 12.2 Å². The predicted molar refractivity (Wildman–Crippen MR) is 90.3 cm³/mol. The third kappa shape index (κ3) is 7.23. The number of aliphatic hydroxyl groups excluding tert-OH is 1. The Hall–Kier alpha value is -1.93. The number of amides is 1. The molecule has 25 heavy (non-hydrogen) atoms. The zero-order valence-electron chi connectivity index (χ0n) is 15.2. The van der Waals surface area contributed by atoms with Gasteiger partial charge in [0.1, 0.15) is 12.6 Å². The Morgan fingerprint density at radius 2 is 1.84 bits per heavy atom. The van der Waals surface area contributed by atoms with Crippen LogP contribution in [-0.4, -0.2) is 70.9 Å². The van der Waals surface area contributed by atoms with Crippen molar-refractivity contribution < 1.29 is 34.2 Å². The maximum absolute atomic E-state index is 11.8. The Labute approximate surface area is 148 Å². The second kappa shape index (κ2) is 11.6. The van der Waals surface area contributed by atoms with Crippen LogP contribution in [0.2, 0.25) is 0 Å². The molecule has 3 N–H and O–H groups in total. The van der Waals surface area contributed by atoms with Gasteiger partial charge in [-0.05, 0) is 33.6 Å². The van der Waals surface area contributed by atoms with Gasteiger partial charge in [0.05, 0.1) is 25.7 Å². The number of nitrogens with zero attached hydrogens (tertiary/aromatic N) is 1. The fraction of sp³-hybridized carbons (Fsp3) is 0.706. The van der Waals surface area contributed by atoms with E-state index in [1.807, 2.05) is 19.1 Å². The molecule has 0 heterocycles. The lowest BCUT2D eigenvalue weighted by molar-refractivity contribution is -0.955. The van der Waals surface area contributed by atoms with Gasteiger partial charge in [-0.3, -0.25) is 4.79 Å². The van der Waals surface area contributed by atoms with Crippen LogP contribution in [0.4, 0.5) is 0 Å². The summed E-state index contributed by atoms with van der Waals surface area (Å²) in [7, 11) is 0. The number of aliphatic hydroxyl groups is 1. The van der Waals surface area contributed by atoms with Crippen molar-refractivity contribution in [2.24, 2.45) is 0 Å². The van der Waals surface area contributed by atoms with Gasteiger partial charge in [-0.2, -0.15) is 0 Å². The zero-order valence-corrected chi connectivity index (χ0v) is 15.2. The second-order valence-electron chi connectivity index (χ2n) is 6.09. The van der Waals surface area contributed by atoms with Crippen molar-refractivity contribution in [1.29, 1.82) is 0 Å². The van der Waals surface area contributed by atoms with E-state index < -0.39 is 28.5 Å². The molecule has 0 aromatic carbocycles. The van der Waals surface area contributed by atoms with Crippen molar-refractivity contribution in [1.82, 2.24) is 5.32 Å². The number of nitrogens with one attached hydrogen (secondary N) is 1. The van der Waals surface area contributed by atoms with E-state index >= 15 is 0 Å². The molecule has 144 valence electrons. The minimum atomic E-state index is -1.39. The highest BCUT2D eigenvalue weighted by Gasteiger charge is 2.43. The first-order chi connectivity index (χ1) is 11.7. The summed E-state index contributed by atoms with van der Waals surface area (Å²) in [6.07, 6.45) is 5.72. The molecule has 0 aliphatic carbocycles. The Morgan fingerprint density at radius 3 is 2.32 bits per heavy atom. The standard InChI is InChI=1S/C17H30N2O6/c1-4-5-6-7-8-15(21)18-9-10-19(11-12-20,13(2)16(22)23)14(3)17(24)25/h4-5,13-14,20H,6-12H2,1-3H3,(H2-,18,21,22,23,24,25)/b5-4+. The Balaban J connectivity index is 4.96. The van der Waals surface area contributed by atoms with Crippen molar-refractivity contribution in [3.63, 3.8) is 0 Å².